The highest BCUT2D eigenvalue weighted by Crippen LogP contribution is 2.44. The second kappa shape index (κ2) is 42.2. The molecule has 0 aromatic carbocycles. The first-order chi connectivity index (χ1) is 58.6. The summed E-state index contributed by atoms with van der Waals surface area (Å²) < 4.78 is 71.7. The third kappa shape index (κ3) is 27.0. The lowest BCUT2D eigenvalue weighted by molar-refractivity contribution is -0.124. The predicted octanol–water partition coefficient (Wildman–Crippen LogP) is 16.6. The first kappa shape index (κ1) is 100.0. The number of fused-ring (bicyclic) bond motifs is 3. The average Bonchev–Trinajstić information content (AvgIpc) is 1.61. The molecule has 0 saturated heterocycles. The molecule has 126 heavy (non-hydrogen) atoms. The standard InChI is InChI=1S/2C27H36N6O7.C27H34N6O7.CH2B2S2.CH4/c3*1-26(2,3)39-24(35)32(25(36)40-27(4,5)6)21-20-22(30-15-29-21)33(17-10-8-9-11-18(17)34)31-23(20)38-19-14-16(37-7)12-13-28-19;2-1(4)5-3;/h2*12-15,17-18,34H,8-11H2,1-7H3;12-15,17H,8-11H2,1-7H3;1,4H;1H4/t17-,18+;17-,18-;;;/m10.../s1. The van der Waals surface area contributed by atoms with Crippen LogP contribution in [0.4, 0.5) is 46.2 Å². The maximum atomic E-state index is 13.4. The lowest BCUT2D eigenvalue weighted by Gasteiger charge is -2.28. The van der Waals surface area contributed by atoms with Crippen LogP contribution in [0, 0.1) is 0 Å². The number of hydrogen-bond acceptors (Lipinski definition) is 35. The van der Waals surface area contributed by atoms with Crippen LogP contribution in [-0.2, 0) is 33.2 Å². The summed E-state index contributed by atoms with van der Waals surface area (Å²) in [5, 5.41) is 35.9. The molecule has 6 amide bonds. The molecule has 2 unspecified atom stereocenters. The van der Waals surface area contributed by atoms with Crippen LogP contribution in [0.25, 0.3) is 33.1 Å². The molecule has 3 fully saturated rings. The number of amides is 6. The van der Waals surface area contributed by atoms with Gasteiger partial charge in [0.15, 0.2) is 47.3 Å². The minimum absolute atomic E-state index is 0. The lowest BCUT2D eigenvalue weighted by Crippen LogP contribution is -2.44. The smallest absolute Gasteiger partial charge is 0.425 e. The quantitative estimate of drug-likeness (QED) is 0.0350. The Bertz CT molecular complexity index is 5000. The summed E-state index contributed by atoms with van der Waals surface area (Å²) >= 11 is 4.74. The molecule has 0 spiro atoms. The van der Waals surface area contributed by atoms with Crippen molar-refractivity contribution in [2.75, 3.05) is 36.0 Å². The normalized spacial score (nSPS) is 17.0. The Kier molecular flexibility index (Phi) is 33.5. The van der Waals surface area contributed by atoms with E-state index >= 15 is 0 Å². The topological polar surface area (TPSA) is 450 Å². The van der Waals surface area contributed by atoms with E-state index in [0.717, 1.165) is 50.1 Å². The van der Waals surface area contributed by atoms with Gasteiger partial charge in [0.25, 0.3) is 17.6 Å². The summed E-state index contributed by atoms with van der Waals surface area (Å²) in [6.07, 6.45) is 9.30. The van der Waals surface area contributed by atoms with E-state index in [9.17, 15) is 43.8 Å². The summed E-state index contributed by atoms with van der Waals surface area (Å²) in [4.78, 5) is 134. The number of carbonyl (C=O) groups is 7. The molecule has 678 valence electrons. The van der Waals surface area contributed by atoms with Gasteiger partial charge < -0.3 is 67.1 Å². The highest BCUT2D eigenvalue weighted by Gasteiger charge is 2.43. The molecular formula is C83H112B2N18O21S2. The van der Waals surface area contributed by atoms with E-state index in [2.05, 4.69) is 72.8 Å². The average molecular weight is 1780 g/mol. The Morgan fingerprint density at radius 2 is 0.690 bits per heavy atom. The van der Waals surface area contributed by atoms with Crippen LogP contribution in [0.5, 0.6) is 52.5 Å². The number of ketones is 1. The molecule has 3 aliphatic rings. The first-order valence-electron chi connectivity index (χ1n) is 40.3. The summed E-state index contributed by atoms with van der Waals surface area (Å²) in [6, 6.07) is 8.19. The number of rotatable bonds is 16. The van der Waals surface area contributed by atoms with Gasteiger partial charge in [-0.05, 0) is 186 Å². The Morgan fingerprint density at radius 1 is 0.429 bits per heavy atom. The van der Waals surface area contributed by atoms with Gasteiger partial charge in [-0.3, -0.25) is 4.79 Å². The molecule has 2 N–H and O–H groups in total. The molecule has 4 radical (unpaired) electrons. The first-order valence-corrected chi connectivity index (χ1v) is 41.7. The largest absolute Gasteiger partial charge is 0.497 e. The number of Topliss-reactive ketones (excluding diaryl/α,β-unsaturated/α-hetero) is 1. The fraction of sp³-hybridized carbons (Fsp3) is 0.554. The van der Waals surface area contributed by atoms with Crippen LogP contribution in [0.1, 0.15) is 227 Å². The minimum Gasteiger partial charge on any atom is -0.497 e. The molecule has 43 heteroatoms. The van der Waals surface area contributed by atoms with Crippen molar-refractivity contribution < 1.29 is 101 Å². The fourth-order valence-electron chi connectivity index (χ4n) is 12.8. The van der Waals surface area contributed by atoms with E-state index in [1.54, 1.807) is 170 Å². The molecule has 39 nitrogen and oxygen atoms in total. The molecule has 0 bridgehead atoms. The zero-order chi connectivity index (χ0) is 92.0. The van der Waals surface area contributed by atoms with E-state index in [4.69, 9.17) is 71.8 Å². The number of ether oxygens (including phenoxy) is 12. The van der Waals surface area contributed by atoms with Gasteiger partial charge in [-0.2, -0.15) is 27.3 Å². The molecule has 9 aromatic rings. The van der Waals surface area contributed by atoms with E-state index in [0.29, 0.717) is 70.5 Å². The number of aliphatic hydroxyl groups excluding tert-OH is 2. The Balaban J connectivity index is 0.000000227. The maximum absolute atomic E-state index is 13.4. The highest BCUT2D eigenvalue weighted by molar-refractivity contribution is 8.27. The van der Waals surface area contributed by atoms with Crippen molar-refractivity contribution in [2.45, 2.75) is 278 Å². The zero-order valence-corrected chi connectivity index (χ0v) is 75.8. The van der Waals surface area contributed by atoms with Gasteiger partial charge in [0, 0.05) is 43.2 Å². The van der Waals surface area contributed by atoms with E-state index < -0.39 is 100 Å². The number of aliphatic hydroxyl groups is 2. The molecule has 3 saturated carbocycles. The Hall–Kier alpha value is -11.5. The SMILES string of the molecule is C.COc1ccnc(Oc2nn(C3CCCCC3=O)c3ncnc(N(C(=O)OC(C)(C)C)C(=O)OC(C)(C)C)c23)c1.COc1ccnc(Oc2nn([C@@H]3CCCC[C@@H]3O)c3ncnc(N(C(=O)OC(C)(C)C)C(=O)OC(C)(C)C)c23)c1.COc1ccnc(Oc2nn([C@H]3CCCC[C@@H]3O)c3ncnc(N(C(=O)OC(C)(C)C)C(=O)OC(C)(C)C)c23)c1.[B]SC([B])S. The molecule has 12 rings (SSSR count). The van der Waals surface area contributed by atoms with Gasteiger partial charge >= 0.3 is 36.6 Å². The number of aromatic nitrogens is 15. The fourth-order valence-corrected chi connectivity index (χ4v) is 12.8. The summed E-state index contributed by atoms with van der Waals surface area (Å²) in [5.74, 6) is 1.29. The van der Waals surface area contributed by atoms with Crippen LogP contribution in [0.15, 0.2) is 74.0 Å². The van der Waals surface area contributed by atoms with E-state index in [-0.39, 0.29) is 104 Å². The molecule has 3 aliphatic carbocycles. The van der Waals surface area contributed by atoms with Crippen molar-refractivity contribution in [1.82, 2.24) is 74.2 Å². The summed E-state index contributed by atoms with van der Waals surface area (Å²) in [5.41, 5.74) is -4.88. The van der Waals surface area contributed by atoms with E-state index in [1.165, 1.54) is 63.6 Å². The van der Waals surface area contributed by atoms with Crippen LogP contribution in [0.3, 0.4) is 0 Å². The van der Waals surface area contributed by atoms with Crippen LogP contribution >= 0.6 is 24.2 Å². The summed E-state index contributed by atoms with van der Waals surface area (Å²) in [6.45, 7) is 30.2. The van der Waals surface area contributed by atoms with Gasteiger partial charge in [0.2, 0.25) is 17.6 Å². The number of hydrogen-bond donors (Lipinski definition) is 3. The van der Waals surface area contributed by atoms with Gasteiger partial charge in [0.1, 0.15) is 92.0 Å². The Morgan fingerprint density at radius 3 is 0.944 bits per heavy atom. The third-order valence-electron chi connectivity index (χ3n) is 17.8. The molecule has 9 heterocycles. The highest BCUT2D eigenvalue weighted by atomic mass is 32.2. The van der Waals surface area contributed by atoms with Crippen molar-refractivity contribution in [3.05, 3.63) is 74.0 Å². The lowest BCUT2D eigenvalue weighted by atomic mass is 9.93. The van der Waals surface area contributed by atoms with E-state index in [1.807, 2.05) is 0 Å². The third-order valence-corrected chi connectivity index (χ3v) is 18.4. The van der Waals surface area contributed by atoms with Crippen LogP contribution in [0.2, 0.25) is 0 Å². The van der Waals surface area contributed by atoms with Crippen LogP contribution < -0.4 is 43.1 Å². The van der Waals surface area contributed by atoms with Crippen molar-refractivity contribution in [3.63, 3.8) is 0 Å². The Labute approximate surface area is 743 Å². The number of pyridine rings is 3. The van der Waals surface area contributed by atoms with Crippen molar-refractivity contribution in [2.24, 2.45) is 0 Å². The predicted molar refractivity (Wildman–Crippen MR) is 472 cm³/mol. The molecular weight excluding hydrogens is 1670 g/mol. The maximum Gasteiger partial charge on any atom is 0.425 e. The number of carbonyl (C=O) groups excluding carboxylic acids is 7. The number of nitrogens with zero attached hydrogens (tertiary/aromatic N) is 18. The number of methoxy groups -OCH3 is 3. The molecule has 9 aromatic heterocycles. The van der Waals surface area contributed by atoms with Gasteiger partial charge in [-0.1, -0.05) is 39.5 Å². The van der Waals surface area contributed by atoms with Gasteiger partial charge in [0.05, 0.1) is 53.5 Å². The molecule has 0 aliphatic heterocycles. The van der Waals surface area contributed by atoms with Gasteiger partial charge in [-0.25, -0.2) is 99.3 Å². The number of imide groups is 3. The second-order valence-corrected chi connectivity index (χ2v) is 36.5. The number of thiol groups is 1. The van der Waals surface area contributed by atoms with Crippen molar-refractivity contribution in [3.8, 4) is 52.5 Å². The summed E-state index contributed by atoms with van der Waals surface area (Å²) in [7, 11) is 14.4. The van der Waals surface area contributed by atoms with Crippen molar-refractivity contribution >= 4 is 132 Å². The molecule has 6 atom stereocenters. The monoisotopic (exact) mass is 1780 g/mol. The van der Waals surface area contributed by atoms with Crippen LogP contribution in [-0.4, -0.2) is 213 Å². The zero-order valence-electron chi connectivity index (χ0n) is 74.1. The van der Waals surface area contributed by atoms with Gasteiger partial charge in [-0.15, -0.1) is 15.3 Å². The van der Waals surface area contributed by atoms with Crippen molar-refractivity contribution in [1.29, 1.82) is 0 Å². The number of anilines is 3. The minimum atomic E-state index is -1.02. The second-order valence-electron chi connectivity index (χ2n) is 34.8.